The van der Waals surface area contributed by atoms with E-state index >= 15 is 0 Å². The molecule has 0 atom stereocenters. The van der Waals surface area contributed by atoms with Crippen LogP contribution in [0.15, 0.2) is 83.1 Å². The third kappa shape index (κ3) is 5.84. The molecule has 4 aromatic rings. The molecule has 0 radical (unpaired) electrons. The molecule has 4 rings (SSSR count). The topological polar surface area (TPSA) is 99.9 Å². The van der Waals surface area contributed by atoms with Crippen molar-refractivity contribution in [2.75, 3.05) is 27.1 Å². The average molecular weight is 504 g/mol. The van der Waals surface area contributed by atoms with Crippen LogP contribution in [0.2, 0.25) is 0 Å². The lowest BCUT2D eigenvalue weighted by Gasteiger charge is -2.11. The van der Waals surface area contributed by atoms with Gasteiger partial charge in [0.15, 0.2) is 11.0 Å². The predicted molar refractivity (Wildman–Crippen MR) is 139 cm³/mol. The molecular weight excluding hydrogens is 478 g/mol. The van der Waals surface area contributed by atoms with E-state index in [9.17, 15) is 4.79 Å². The molecule has 0 saturated carbocycles. The monoisotopic (exact) mass is 503 g/mol. The molecule has 36 heavy (non-hydrogen) atoms. The maximum atomic E-state index is 12.5. The maximum Gasteiger partial charge on any atom is 0.250 e. The normalized spacial score (nSPS) is 10.9. The molecule has 0 aliphatic heterocycles. The Labute approximate surface area is 213 Å². The van der Waals surface area contributed by atoms with Gasteiger partial charge < -0.3 is 14.2 Å². The van der Waals surface area contributed by atoms with E-state index in [0.717, 1.165) is 17.0 Å². The third-order valence-corrected chi connectivity index (χ3v) is 6.09. The van der Waals surface area contributed by atoms with Gasteiger partial charge in [-0.3, -0.25) is 9.36 Å². The number of ether oxygens (including phenoxy) is 3. The SMILES string of the molecule is COc1ccc(-n2c(SCC(=O)N/N=C/c3cc(OC)ccc3OC)nnc2-c2ccccc2)cc1. The molecule has 0 spiro atoms. The Morgan fingerprint density at radius 1 is 0.944 bits per heavy atom. The smallest absolute Gasteiger partial charge is 0.250 e. The van der Waals surface area contributed by atoms with Gasteiger partial charge in [-0.25, -0.2) is 5.43 Å². The summed E-state index contributed by atoms with van der Waals surface area (Å²) >= 11 is 1.26. The van der Waals surface area contributed by atoms with E-state index in [1.54, 1.807) is 39.5 Å². The third-order valence-electron chi connectivity index (χ3n) is 5.16. The second-order valence-corrected chi connectivity index (χ2v) is 8.34. The second-order valence-electron chi connectivity index (χ2n) is 7.40. The van der Waals surface area contributed by atoms with Crippen molar-refractivity contribution < 1.29 is 19.0 Å². The van der Waals surface area contributed by atoms with Crippen LogP contribution < -0.4 is 19.6 Å². The van der Waals surface area contributed by atoms with Crippen LogP contribution in [-0.4, -0.2) is 54.0 Å². The lowest BCUT2D eigenvalue weighted by molar-refractivity contribution is -0.118. The van der Waals surface area contributed by atoms with Gasteiger partial charge in [0.2, 0.25) is 0 Å². The maximum absolute atomic E-state index is 12.5. The first-order chi connectivity index (χ1) is 17.6. The second kappa shape index (κ2) is 11.9. The van der Waals surface area contributed by atoms with Crippen LogP contribution in [0.1, 0.15) is 5.56 Å². The molecule has 0 aliphatic rings. The molecule has 0 bridgehead atoms. The van der Waals surface area contributed by atoms with Crippen molar-refractivity contribution in [2.45, 2.75) is 5.16 Å². The van der Waals surface area contributed by atoms with E-state index in [1.807, 2.05) is 59.2 Å². The van der Waals surface area contributed by atoms with E-state index in [2.05, 4.69) is 20.7 Å². The Morgan fingerprint density at radius 2 is 1.67 bits per heavy atom. The van der Waals surface area contributed by atoms with Gasteiger partial charge in [0.25, 0.3) is 5.91 Å². The van der Waals surface area contributed by atoms with Gasteiger partial charge in [0, 0.05) is 16.8 Å². The van der Waals surface area contributed by atoms with Gasteiger partial charge >= 0.3 is 0 Å². The summed E-state index contributed by atoms with van der Waals surface area (Å²) in [6, 6.07) is 22.7. The molecule has 1 heterocycles. The first kappa shape index (κ1) is 24.8. The minimum atomic E-state index is -0.288. The summed E-state index contributed by atoms with van der Waals surface area (Å²) in [4.78, 5) is 12.5. The number of carbonyl (C=O) groups excluding carboxylic acids is 1. The molecule has 1 N–H and O–H groups in total. The van der Waals surface area contributed by atoms with Crippen LogP contribution in [0.4, 0.5) is 0 Å². The van der Waals surface area contributed by atoms with Gasteiger partial charge in [-0.15, -0.1) is 10.2 Å². The van der Waals surface area contributed by atoms with E-state index < -0.39 is 0 Å². The van der Waals surface area contributed by atoms with Crippen LogP contribution in [0.25, 0.3) is 17.1 Å². The fourth-order valence-electron chi connectivity index (χ4n) is 3.38. The summed E-state index contributed by atoms with van der Waals surface area (Å²) in [6.45, 7) is 0. The number of hydrogen-bond donors (Lipinski definition) is 1. The minimum Gasteiger partial charge on any atom is -0.497 e. The lowest BCUT2D eigenvalue weighted by atomic mass is 10.2. The molecule has 184 valence electrons. The molecule has 9 nitrogen and oxygen atoms in total. The molecule has 0 unspecified atom stereocenters. The highest BCUT2D eigenvalue weighted by Crippen LogP contribution is 2.29. The van der Waals surface area contributed by atoms with Crippen LogP contribution in [-0.2, 0) is 4.79 Å². The Kier molecular flexibility index (Phi) is 8.20. The lowest BCUT2D eigenvalue weighted by Crippen LogP contribution is -2.20. The number of rotatable bonds is 10. The number of nitrogens with one attached hydrogen (secondary N) is 1. The molecule has 0 saturated heterocycles. The highest BCUT2D eigenvalue weighted by atomic mass is 32.2. The van der Waals surface area contributed by atoms with Crippen molar-refractivity contribution >= 4 is 23.9 Å². The zero-order chi connectivity index (χ0) is 25.3. The first-order valence-electron chi connectivity index (χ1n) is 10.9. The zero-order valence-electron chi connectivity index (χ0n) is 20.0. The van der Waals surface area contributed by atoms with Crippen LogP contribution in [0, 0.1) is 0 Å². The van der Waals surface area contributed by atoms with Gasteiger partial charge in [-0.1, -0.05) is 42.1 Å². The fourth-order valence-corrected chi connectivity index (χ4v) is 4.12. The highest BCUT2D eigenvalue weighted by Gasteiger charge is 2.17. The first-order valence-corrected chi connectivity index (χ1v) is 11.9. The van der Waals surface area contributed by atoms with E-state index in [0.29, 0.717) is 28.0 Å². The summed E-state index contributed by atoms with van der Waals surface area (Å²) in [6.07, 6.45) is 1.51. The predicted octanol–water partition coefficient (Wildman–Crippen LogP) is 4.20. The molecule has 0 fully saturated rings. The number of hydrogen-bond acceptors (Lipinski definition) is 8. The number of methoxy groups -OCH3 is 3. The van der Waals surface area contributed by atoms with E-state index in [1.165, 1.54) is 18.0 Å². The number of carbonyl (C=O) groups is 1. The van der Waals surface area contributed by atoms with Crippen molar-refractivity contribution in [1.82, 2.24) is 20.2 Å². The molecule has 3 aromatic carbocycles. The number of nitrogens with zero attached hydrogens (tertiary/aromatic N) is 4. The zero-order valence-corrected chi connectivity index (χ0v) is 20.9. The van der Waals surface area contributed by atoms with Crippen molar-refractivity contribution in [3.8, 4) is 34.3 Å². The standard InChI is InChI=1S/C26H25N5O4S/c1-33-21-11-9-20(10-12-21)31-25(18-7-5-4-6-8-18)29-30-26(31)36-17-24(32)28-27-16-19-15-22(34-2)13-14-23(19)35-3/h4-16H,17H2,1-3H3,(H,28,32)/b27-16+. The summed E-state index contributed by atoms with van der Waals surface area (Å²) in [7, 11) is 4.77. The molecule has 1 aromatic heterocycles. The van der Waals surface area contributed by atoms with Crippen LogP contribution >= 0.6 is 11.8 Å². The Hall–Kier alpha value is -4.31. The average Bonchev–Trinajstić information content (AvgIpc) is 3.36. The number of hydrazone groups is 1. The quantitative estimate of drug-likeness (QED) is 0.197. The fraction of sp³-hybridized carbons (Fsp3) is 0.154. The molecular formula is C26H25N5O4S. The Morgan fingerprint density at radius 3 is 2.36 bits per heavy atom. The summed E-state index contributed by atoms with van der Waals surface area (Å²) in [5.74, 6) is 2.49. The summed E-state index contributed by atoms with van der Waals surface area (Å²) in [5.41, 5.74) is 4.98. The minimum absolute atomic E-state index is 0.0929. The van der Waals surface area contributed by atoms with Gasteiger partial charge in [0.05, 0.1) is 33.3 Å². The summed E-state index contributed by atoms with van der Waals surface area (Å²) in [5, 5.41) is 13.4. The Bertz CT molecular complexity index is 1340. The van der Waals surface area contributed by atoms with Crippen LogP contribution in [0.5, 0.6) is 17.2 Å². The highest BCUT2D eigenvalue weighted by molar-refractivity contribution is 7.99. The van der Waals surface area contributed by atoms with Crippen molar-refractivity contribution in [3.05, 3.63) is 78.4 Å². The molecule has 1 amide bonds. The van der Waals surface area contributed by atoms with Crippen molar-refractivity contribution in [2.24, 2.45) is 5.10 Å². The van der Waals surface area contributed by atoms with E-state index in [4.69, 9.17) is 14.2 Å². The van der Waals surface area contributed by atoms with Gasteiger partial charge in [-0.2, -0.15) is 5.10 Å². The van der Waals surface area contributed by atoms with E-state index in [-0.39, 0.29) is 11.7 Å². The molecule has 10 heteroatoms. The Balaban J connectivity index is 1.50. The molecule has 0 aliphatic carbocycles. The number of amides is 1. The largest absolute Gasteiger partial charge is 0.497 e. The van der Waals surface area contributed by atoms with Gasteiger partial charge in [0.1, 0.15) is 17.2 Å². The number of benzene rings is 3. The summed E-state index contributed by atoms with van der Waals surface area (Å²) < 4.78 is 17.8. The van der Waals surface area contributed by atoms with Crippen molar-refractivity contribution in [1.29, 1.82) is 0 Å². The number of thioether (sulfide) groups is 1. The number of aromatic nitrogens is 3. The van der Waals surface area contributed by atoms with Gasteiger partial charge in [-0.05, 0) is 42.5 Å². The van der Waals surface area contributed by atoms with Crippen molar-refractivity contribution in [3.63, 3.8) is 0 Å². The van der Waals surface area contributed by atoms with Crippen LogP contribution in [0.3, 0.4) is 0 Å².